The van der Waals surface area contributed by atoms with Crippen LogP contribution in [0.15, 0.2) is 40.4 Å². The van der Waals surface area contributed by atoms with Crippen LogP contribution in [0.2, 0.25) is 0 Å². The highest BCUT2D eigenvalue weighted by Gasteiger charge is 2.49. The molecule has 0 bridgehead atoms. The van der Waals surface area contributed by atoms with Crippen LogP contribution in [0, 0.1) is 11.8 Å². The average molecular weight is 783 g/mol. The van der Waals surface area contributed by atoms with Crippen LogP contribution in [0.4, 0.5) is 0 Å². The van der Waals surface area contributed by atoms with Crippen molar-refractivity contribution in [2.75, 3.05) is 26.3 Å². The molecule has 1 aromatic heterocycles. The zero-order valence-corrected chi connectivity index (χ0v) is 32.1. The summed E-state index contributed by atoms with van der Waals surface area (Å²) in [7, 11) is -3.78. The number of ether oxygens (including phenoxy) is 1. The predicted molar refractivity (Wildman–Crippen MR) is 197 cm³/mol. The highest BCUT2D eigenvalue weighted by Crippen LogP contribution is 2.34. The van der Waals surface area contributed by atoms with Crippen LogP contribution in [0.5, 0.6) is 0 Å². The molecule has 4 amide bonds. The monoisotopic (exact) mass is 782 g/mol. The molecule has 4 fully saturated rings. The molecule has 2 aromatic rings. The van der Waals surface area contributed by atoms with E-state index < -0.39 is 62.7 Å². The molecule has 2 saturated heterocycles. The van der Waals surface area contributed by atoms with E-state index in [1.165, 1.54) is 40.0 Å². The molecule has 2 aliphatic carbocycles. The lowest BCUT2D eigenvalue weighted by Crippen LogP contribution is -2.63. The number of sulfonamides is 1. The summed E-state index contributed by atoms with van der Waals surface area (Å²) in [6.45, 7) is 3.56. The van der Waals surface area contributed by atoms with Crippen molar-refractivity contribution >= 4 is 45.1 Å². The summed E-state index contributed by atoms with van der Waals surface area (Å²) < 4.78 is 35.1. The molecule has 1 aromatic carbocycles. The van der Waals surface area contributed by atoms with Gasteiger partial charge in [-0.1, -0.05) is 37.3 Å². The molecule has 2 saturated carbocycles. The number of hydrogen-bond acceptors (Lipinski definition) is 11. The van der Waals surface area contributed by atoms with Gasteiger partial charge in [0.25, 0.3) is 17.7 Å². The number of ketones is 1. The lowest BCUT2D eigenvalue weighted by Gasteiger charge is -2.37. The Hall–Kier alpha value is -4.39. The van der Waals surface area contributed by atoms with Crippen LogP contribution in [0.1, 0.15) is 107 Å². The van der Waals surface area contributed by atoms with E-state index in [1.807, 2.05) is 0 Å². The maximum absolute atomic E-state index is 14.7. The molecule has 0 radical (unpaired) electrons. The molecule has 55 heavy (non-hydrogen) atoms. The van der Waals surface area contributed by atoms with E-state index in [9.17, 15) is 37.5 Å². The van der Waals surface area contributed by atoms with E-state index in [1.54, 1.807) is 13.8 Å². The van der Waals surface area contributed by atoms with E-state index in [-0.39, 0.29) is 67.5 Å². The third kappa shape index (κ3) is 9.36. The fraction of sp³-hybridized carbons (Fsp3) is 0.622. The first-order valence-corrected chi connectivity index (χ1v) is 20.5. The Bertz CT molecular complexity index is 1920. The number of Topliss-reactive ketones (excluding diaryl/α,β-unsaturated/α-hetero) is 1. The Morgan fingerprint density at radius 2 is 1.69 bits per heavy atom. The quantitative estimate of drug-likeness (QED) is 0.157. The summed E-state index contributed by atoms with van der Waals surface area (Å²) in [6, 6.07) is 3.49. The van der Waals surface area contributed by atoms with Crippen molar-refractivity contribution in [1.82, 2.24) is 29.9 Å². The zero-order chi connectivity index (χ0) is 39.5. The minimum atomic E-state index is -3.78. The van der Waals surface area contributed by atoms with Crippen molar-refractivity contribution < 1.29 is 42.2 Å². The second kappa shape index (κ2) is 16.4. The van der Waals surface area contributed by atoms with Gasteiger partial charge in [-0.25, -0.2) is 22.8 Å². The van der Waals surface area contributed by atoms with E-state index in [0.29, 0.717) is 18.2 Å². The van der Waals surface area contributed by atoms with E-state index in [2.05, 4.69) is 25.3 Å². The summed E-state index contributed by atoms with van der Waals surface area (Å²) in [5.74, 6) is -3.93. The Morgan fingerprint density at radius 3 is 2.31 bits per heavy atom. The summed E-state index contributed by atoms with van der Waals surface area (Å²) in [4.78, 5) is 73.7. The number of nitrogens with zero attached hydrogens (tertiary/aromatic N) is 5. The number of primary amides is 1. The second-order valence-corrected chi connectivity index (χ2v) is 17.5. The van der Waals surface area contributed by atoms with Gasteiger partial charge in [0.2, 0.25) is 21.7 Å². The molecule has 2 atom stereocenters. The fourth-order valence-electron chi connectivity index (χ4n) is 7.71. The predicted octanol–water partition coefficient (Wildman–Crippen LogP) is 1.31. The molecule has 17 nitrogen and oxygen atoms in total. The summed E-state index contributed by atoms with van der Waals surface area (Å²) in [5.41, 5.74) is 2.76. The van der Waals surface area contributed by atoms with E-state index >= 15 is 0 Å². The number of rotatable bonds is 14. The summed E-state index contributed by atoms with van der Waals surface area (Å²) in [6.07, 6.45) is 8.11. The normalized spacial score (nSPS) is 22.3. The van der Waals surface area contributed by atoms with Gasteiger partial charge in [-0.3, -0.25) is 24.0 Å². The molecule has 2 aliphatic heterocycles. The van der Waals surface area contributed by atoms with Crippen LogP contribution in [0.25, 0.3) is 0 Å². The van der Waals surface area contributed by atoms with Gasteiger partial charge in [-0.15, -0.1) is 5.10 Å². The largest absolute Gasteiger partial charge is 0.384 e. The van der Waals surface area contributed by atoms with E-state index in [4.69, 9.17) is 10.5 Å². The van der Waals surface area contributed by atoms with Gasteiger partial charge in [-0.2, -0.15) is 0 Å². The number of nitrogens with two attached hydrogens (primary N) is 1. The third-order valence-electron chi connectivity index (χ3n) is 11.1. The van der Waals surface area contributed by atoms with E-state index in [0.717, 1.165) is 44.9 Å². The fourth-order valence-corrected chi connectivity index (χ4v) is 8.82. The summed E-state index contributed by atoms with van der Waals surface area (Å²) >= 11 is 0. The highest BCUT2D eigenvalue weighted by atomic mass is 32.2. The van der Waals surface area contributed by atoms with Gasteiger partial charge in [-0.05, 0) is 69.2 Å². The molecule has 6 rings (SSSR count). The Kier molecular flexibility index (Phi) is 12.0. The Balaban J connectivity index is 1.32. The first-order valence-electron chi connectivity index (χ1n) is 19.0. The molecular formula is C37H50N8O9S. The Morgan fingerprint density at radius 1 is 1.02 bits per heavy atom. The maximum atomic E-state index is 14.7. The topological polar surface area (TPSA) is 245 Å². The summed E-state index contributed by atoms with van der Waals surface area (Å²) in [5, 5.41) is 21.8. The van der Waals surface area contributed by atoms with Gasteiger partial charge >= 0.3 is 0 Å². The first kappa shape index (κ1) is 40.3. The van der Waals surface area contributed by atoms with Crippen LogP contribution in [-0.2, 0) is 39.5 Å². The molecule has 5 N–H and O–H groups in total. The molecular weight excluding hydrogens is 733 g/mol. The highest BCUT2D eigenvalue weighted by molar-refractivity contribution is 7.89. The van der Waals surface area contributed by atoms with Crippen molar-refractivity contribution in [3.8, 4) is 0 Å². The Labute approximate surface area is 319 Å². The molecule has 3 heterocycles. The first-order chi connectivity index (χ1) is 26.1. The van der Waals surface area contributed by atoms with Gasteiger partial charge in [0.05, 0.1) is 22.8 Å². The van der Waals surface area contributed by atoms with Gasteiger partial charge in [0.15, 0.2) is 0 Å². The van der Waals surface area contributed by atoms with Gasteiger partial charge < -0.3 is 25.8 Å². The van der Waals surface area contributed by atoms with Crippen molar-refractivity contribution in [1.29, 1.82) is 0 Å². The number of aliphatic imine (C=N–C) groups is 1. The van der Waals surface area contributed by atoms with Crippen LogP contribution >= 0.6 is 0 Å². The lowest BCUT2D eigenvalue weighted by molar-refractivity contribution is -0.146. The lowest BCUT2D eigenvalue weighted by atomic mass is 9.84. The maximum Gasteiger partial charge on any atom is 0.287 e. The van der Waals surface area contributed by atoms with Gasteiger partial charge in [0, 0.05) is 51.1 Å². The van der Waals surface area contributed by atoms with Crippen LogP contribution in [-0.4, -0.2) is 106 Å². The number of amides is 4. The minimum Gasteiger partial charge on any atom is -0.384 e. The zero-order valence-electron chi connectivity index (χ0n) is 31.2. The number of hydrogen-bond donors (Lipinski definition) is 4. The smallest absolute Gasteiger partial charge is 0.287 e. The number of benzene rings is 1. The standard InChI is InChI=1S/C37H50N8O9S/c1-36(2,51)30-21-39-43-45(30)26-19-29(34(49)42-37(31(46)32(38)47)14-16-54-17-15-37)44(22-26)35(50)28(18-23-6-4-3-5-7-23)41-33(48)25-10-12-27(13-11-25)55(52,53)40-20-24-8-9-24/h10-13,21,23-24,26,29,40,51H,3-9,14-20,22H2,1-2H3,(H2,38,47)(H,42,49)/b41-28+/t26-,29-/m0/s1. The average Bonchev–Trinajstić information content (AvgIpc) is 3.65. The van der Waals surface area contributed by atoms with Crippen molar-refractivity contribution in [2.24, 2.45) is 22.6 Å². The number of carbonyl (C=O) groups excluding carboxylic acids is 5. The third-order valence-corrected chi connectivity index (χ3v) is 12.6. The number of likely N-dealkylation sites (tertiary alicyclic amines) is 1. The minimum absolute atomic E-state index is 0.000183. The van der Waals surface area contributed by atoms with Crippen LogP contribution in [0.3, 0.4) is 0 Å². The van der Waals surface area contributed by atoms with Crippen molar-refractivity contribution in [3.63, 3.8) is 0 Å². The number of carbonyl (C=O) groups is 5. The number of aliphatic hydroxyl groups is 1. The number of aromatic nitrogens is 3. The van der Waals surface area contributed by atoms with Crippen molar-refractivity contribution in [2.45, 2.75) is 113 Å². The molecule has 4 aliphatic rings. The molecule has 0 unspecified atom stereocenters. The molecule has 0 spiro atoms. The SMILES string of the molecule is CC(C)(O)c1cnnn1[C@H]1C[C@@H](C(=O)NC2(C(=O)C(N)=O)CCOCC2)N(C(=O)/C(CC2CCCCC2)=N/C(=O)c2ccc(S(=O)(=O)NCC3CC3)cc2)C1. The second-order valence-electron chi connectivity index (χ2n) is 15.8. The molecule has 298 valence electrons. The number of nitrogens with one attached hydrogen (secondary N) is 2. The van der Waals surface area contributed by atoms with Crippen molar-refractivity contribution in [3.05, 3.63) is 41.7 Å². The van der Waals surface area contributed by atoms with Gasteiger partial charge in [0.1, 0.15) is 22.9 Å². The molecule has 18 heteroatoms. The van der Waals surface area contributed by atoms with Crippen LogP contribution < -0.4 is 15.8 Å².